The first kappa shape index (κ1) is 11.0. The molecule has 1 heterocycles. The largest absolute Gasteiger partial charge is 0.462 e. The van der Waals surface area contributed by atoms with Crippen molar-refractivity contribution in [2.75, 3.05) is 0 Å². The molecule has 2 nitrogen and oxygen atoms in total. The molecule has 2 heteroatoms. The smallest absolute Gasteiger partial charge is 0.306 e. The minimum atomic E-state index is -0.0663. The molecule has 1 aliphatic heterocycles. The van der Waals surface area contributed by atoms with Crippen LogP contribution in [0.4, 0.5) is 0 Å². The molecule has 1 atom stereocenters. The first-order chi connectivity index (χ1) is 6.83. The normalized spacial score (nSPS) is 27.8. The van der Waals surface area contributed by atoms with Crippen LogP contribution in [0.2, 0.25) is 0 Å². The van der Waals surface area contributed by atoms with Gasteiger partial charge in [0.15, 0.2) is 0 Å². The quantitative estimate of drug-likeness (QED) is 0.632. The van der Waals surface area contributed by atoms with Crippen LogP contribution in [-0.4, -0.2) is 12.1 Å². The van der Waals surface area contributed by atoms with Crippen molar-refractivity contribution in [2.45, 2.75) is 45.1 Å². The lowest BCUT2D eigenvalue weighted by Crippen LogP contribution is -2.17. The maximum Gasteiger partial charge on any atom is 0.306 e. The lowest BCUT2D eigenvalue weighted by molar-refractivity contribution is -0.149. The van der Waals surface area contributed by atoms with Gasteiger partial charge in [-0.05, 0) is 12.8 Å². The molecule has 0 aromatic rings. The monoisotopic (exact) mass is 194 g/mol. The van der Waals surface area contributed by atoms with E-state index in [0.29, 0.717) is 6.42 Å². The van der Waals surface area contributed by atoms with Gasteiger partial charge in [0.05, 0.1) is 0 Å². The zero-order valence-electron chi connectivity index (χ0n) is 8.74. The SMILES string of the molecule is CCCC1C/C=C\C=C\CCC(=O)O1. The van der Waals surface area contributed by atoms with E-state index < -0.39 is 0 Å². The lowest BCUT2D eigenvalue weighted by atomic mass is 10.1. The molecular formula is C12H18O2. The Labute approximate surface area is 85.6 Å². The second kappa shape index (κ2) is 6.41. The second-order valence-corrected chi connectivity index (χ2v) is 3.53. The van der Waals surface area contributed by atoms with Crippen LogP contribution in [0.3, 0.4) is 0 Å². The van der Waals surface area contributed by atoms with Gasteiger partial charge >= 0.3 is 5.97 Å². The number of carbonyl (C=O) groups excluding carboxylic acids is 1. The Balaban J connectivity index is 2.52. The molecule has 0 saturated heterocycles. The summed E-state index contributed by atoms with van der Waals surface area (Å²) in [6, 6.07) is 0. The summed E-state index contributed by atoms with van der Waals surface area (Å²) in [4.78, 5) is 11.3. The van der Waals surface area contributed by atoms with Crippen molar-refractivity contribution in [1.82, 2.24) is 0 Å². The Bertz CT molecular complexity index is 228. The van der Waals surface area contributed by atoms with Crippen LogP contribution < -0.4 is 0 Å². The van der Waals surface area contributed by atoms with Crippen molar-refractivity contribution >= 4 is 5.97 Å². The summed E-state index contributed by atoms with van der Waals surface area (Å²) in [5, 5.41) is 0. The predicted molar refractivity (Wildman–Crippen MR) is 56.9 cm³/mol. The topological polar surface area (TPSA) is 26.3 Å². The summed E-state index contributed by atoms with van der Waals surface area (Å²) >= 11 is 0. The molecule has 0 fully saturated rings. The van der Waals surface area contributed by atoms with E-state index in [-0.39, 0.29) is 12.1 Å². The van der Waals surface area contributed by atoms with Crippen LogP contribution in [-0.2, 0) is 9.53 Å². The maximum atomic E-state index is 11.3. The molecule has 0 aromatic carbocycles. The number of rotatable bonds is 2. The third-order valence-electron chi connectivity index (χ3n) is 2.21. The molecule has 78 valence electrons. The minimum absolute atomic E-state index is 0.0663. The Hall–Kier alpha value is -1.05. The average Bonchev–Trinajstić information content (AvgIpc) is 2.17. The summed E-state index contributed by atoms with van der Waals surface area (Å²) in [6.45, 7) is 2.11. The highest BCUT2D eigenvalue weighted by molar-refractivity contribution is 5.69. The van der Waals surface area contributed by atoms with E-state index in [1.165, 1.54) is 0 Å². The summed E-state index contributed by atoms with van der Waals surface area (Å²) in [6.07, 6.45) is 12.3. The van der Waals surface area contributed by atoms with Gasteiger partial charge in [-0.2, -0.15) is 0 Å². The molecule has 0 spiro atoms. The lowest BCUT2D eigenvalue weighted by Gasteiger charge is -2.15. The van der Waals surface area contributed by atoms with Crippen LogP contribution in [0, 0.1) is 0 Å². The van der Waals surface area contributed by atoms with Crippen molar-refractivity contribution in [2.24, 2.45) is 0 Å². The molecule has 0 aliphatic carbocycles. The summed E-state index contributed by atoms with van der Waals surface area (Å²) in [5.41, 5.74) is 0. The Morgan fingerprint density at radius 2 is 2.21 bits per heavy atom. The highest BCUT2D eigenvalue weighted by Crippen LogP contribution is 2.11. The van der Waals surface area contributed by atoms with Crippen LogP contribution >= 0.6 is 0 Å². The maximum absolute atomic E-state index is 11.3. The molecule has 0 bridgehead atoms. The number of allylic oxidation sites excluding steroid dienone is 3. The Morgan fingerprint density at radius 1 is 1.43 bits per heavy atom. The Morgan fingerprint density at radius 3 is 3.00 bits per heavy atom. The zero-order valence-corrected chi connectivity index (χ0v) is 8.74. The van der Waals surface area contributed by atoms with Crippen molar-refractivity contribution in [3.8, 4) is 0 Å². The molecular weight excluding hydrogens is 176 g/mol. The standard InChI is InChI=1S/C12H18O2/c1-2-8-11-9-6-4-3-5-7-10-12(13)14-11/h3-6,11H,2,7-10H2,1H3/b5-3+,6-4-. The molecule has 1 rings (SSSR count). The molecule has 1 aliphatic rings. The van der Waals surface area contributed by atoms with Gasteiger partial charge in [-0.1, -0.05) is 37.6 Å². The van der Waals surface area contributed by atoms with Crippen LogP contribution in [0.1, 0.15) is 39.0 Å². The Kier molecular flexibility index (Phi) is 5.05. The van der Waals surface area contributed by atoms with Gasteiger partial charge in [-0.15, -0.1) is 0 Å². The number of cyclic esters (lactones) is 1. The third-order valence-corrected chi connectivity index (χ3v) is 2.21. The average molecular weight is 194 g/mol. The fourth-order valence-electron chi connectivity index (χ4n) is 1.48. The van der Waals surface area contributed by atoms with E-state index in [1.54, 1.807) is 0 Å². The first-order valence-corrected chi connectivity index (χ1v) is 5.34. The van der Waals surface area contributed by atoms with E-state index in [1.807, 2.05) is 18.2 Å². The fraction of sp³-hybridized carbons (Fsp3) is 0.583. The van der Waals surface area contributed by atoms with Crippen molar-refractivity contribution in [3.05, 3.63) is 24.3 Å². The fourth-order valence-corrected chi connectivity index (χ4v) is 1.48. The van der Waals surface area contributed by atoms with Crippen LogP contribution in [0.15, 0.2) is 24.3 Å². The predicted octanol–water partition coefficient (Wildman–Crippen LogP) is 2.99. The molecule has 0 amide bonds. The number of esters is 1. The molecule has 1 unspecified atom stereocenters. The zero-order chi connectivity index (χ0) is 10.2. The van der Waals surface area contributed by atoms with Crippen molar-refractivity contribution in [3.63, 3.8) is 0 Å². The molecule has 0 radical (unpaired) electrons. The number of carbonyl (C=O) groups is 1. The van der Waals surface area contributed by atoms with Crippen molar-refractivity contribution in [1.29, 1.82) is 0 Å². The van der Waals surface area contributed by atoms with Crippen LogP contribution in [0.25, 0.3) is 0 Å². The van der Waals surface area contributed by atoms with E-state index in [2.05, 4.69) is 13.0 Å². The molecule has 0 N–H and O–H groups in total. The summed E-state index contributed by atoms with van der Waals surface area (Å²) < 4.78 is 5.34. The molecule has 0 aromatic heterocycles. The summed E-state index contributed by atoms with van der Waals surface area (Å²) in [7, 11) is 0. The second-order valence-electron chi connectivity index (χ2n) is 3.53. The van der Waals surface area contributed by atoms with Crippen LogP contribution in [0.5, 0.6) is 0 Å². The van der Waals surface area contributed by atoms with E-state index in [0.717, 1.165) is 25.7 Å². The van der Waals surface area contributed by atoms with E-state index >= 15 is 0 Å². The number of hydrogen-bond donors (Lipinski definition) is 0. The van der Waals surface area contributed by atoms with E-state index in [9.17, 15) is 4.79 Å². The van der Waals surface area contributed by atoms with Gasteiger partial charge in [0.2, 0.25) is 0 Å². The van der Waals surface area contributed by atoms with Gasteiger partial charge in [0.1, 0.15) is 6.10 Å². The van der Waals surface area contributed by atoms with Gasteiger partial charge in [0, 0.05) is 12.8 Å². The van der Waals surface area contributed by atoms with Gasteiger partial charge < -0.3 is 4.74 Å². The first-order valence-electron chi connectivity index (χ1n) is 5.34. The highest BCUT2D eigenvalue weighted by atomic mass is 16.5. The molecule has 0 saturated carbocycles. The number of hydrogen-bond acceptors (Lipinski definition) is 2. The van der Waals surface area contributed by atoms with Gasteiger partial charge in [-0.25, -0.2) is 0 Å². The summed E-state index contributed by atoms with van der Waals surface area (Å²) in [5.74, 6) is -0.0663. The third kappa shape index (κ3) is 4.26. The van der Waals surface area contributed by atoms with Gasteiger partial charge in [0.25, 0.3) is 0 Å². The highest BCUT2D eigenvalue weighted by Gasteiger charge is 2.11. The minimum Gasteiger partial charge on any atom is -0.462 e. The number of ether oxygens (including phenoxy) is 1. The van der Waals surface area contributed by atoms with Gasteiger partial charge in [-0.3, -0.25) is 4.79 Å². The van der Waals surface area contributed by atoms with Crippen molar-refractivity contribution < 1.29 is 9.53 Å². The van der Waals surface area contributed by atoms with E-state index in [4.69, 9.17) is 4.74 Å². The molecule has 14 heavy (non-hydrogen) atoms.